The van der Waals surface area contributed by atoms with Gasteiger partial charge >= 0.3 is 0 Å². The summed E-state index contributed by atoms with van der Waals surface area (Å²) in [5.41, 5.74) is 0. The molecule has 2 N–H and O–H groups in total. The minimum absolute atomic E-state index is 0.146. The molecule has 0 aliphatic carbocycles. The van der Waals surface area contributed by atoms with E-state index in [0.29, 0.717) is 12.5 Å². The van der Waals surface area contributed by atoms with Crippen molar-refractivity contribution in [1.29, 1.82) is 0 Å². The van der Waals surface area contributed by atoms with Crippen LogP contribution in [0.15, 0.2) is 0 Å². The van der Waals surface area contributed by atoms with Crippen molar-refractivity contribution in [2.24, 2.45) is 0 Å². The molecule has 82 valence electrons. The van der Waals surface area contributed by atoms with Crippen LogP contribution < -0.4 is 10.6 Å². The molecule has 14 heavy (non-hydrogen) atoms. The summed E-state index contributed by atoms with van der Waals surface area (Å²) in [6.07, 6.45) is 1.61. The fourth-order valence-corrected chi connectivity index (χ4v) is 1.80. The number of piperazine rings is 1. The summed E-state index contributed by atoms with van der Waals surface area (Å²) in [7, 11) is 1.69. The maximum Gasteiger partial charge on any atom is 0.219 e. The average Bonchev–Trinajstić information content (AvgIpc) is 2.17. The zero-order chi connectivity index (χ0) is 10.4. The third-order valence-electron chi connectivity index (χ3n) is 2.61. The molecule has 0 saturated carbocycles. The highest BCUT2D eigenvalue weighted by molar-refractivity contribution is 5.75. The summed E-state index contributed by atoms with van der Waals surface area (Å²) < 4.78 is 0. The summed E-state index contributed by atoms with van der Waals surface area (Å²) in [5.74, 6) is 0.146. The van der Waals surface area contributed by atoms with Crippen molar-refractivity contribution < 1.29 is 4.79 Å². The van der Waals surface area contributed by atoms with Gasteiger partial charge in [-0.1, -0.05) is 0 Å². The number of rotatable bonds is 4. The Balaban J connectivity index is 2.08. The van der Waals surface area contributed by atoms with Crippen LogP contribution in [0.25, 0.3) is 0 Å². The number of amides is 1. The van der Waals surface area contributed by atoms with Gasteiger partial charge in [0.2, 0.25) is 5.91 Å². The van der Waals surface area contributed by atoms with Crippen LogP contribution >= 0.6 is 0 Å². The number of carbonyl (C=O) groups is 1. The first-order valence-electron chi connectivity index (χ1n) is 5.38. The molecule has 0 radical (unpaired) electrons. The summed E-state index contributed by atoms with van der Waals surface area (Å²) >= 11 is 0. The quantitative estimate of drug-likeness (QED) is 0.659. The highest BCUT2D eigenvalue weighted by Gasteiger charge is 2.14. The SMILES string of the molecule is CNC(=O)CCCN1CCNC(C)C1. The Bertz CT molecular complexity index is 184. The largest absolute Gasteiger partial charge is 0.359 e. The molecule has 1 heterocycles. The molecule has 1 saturated heterocycles. The lowest BCUT2D eigenvalue weighted by molar-refractivity contribution is -0.120. The molecule has 4 nitrogen and oxygen atoms in total. The van der Waals surface area contributed by atoms with E-state index in [1.54, 1.807) is 7.05 Å². The summed E-state index contributed by atoms with van der Waals surface area (Å²) in [5, 5.41) is 6.04. The number of hydrogen-bond acceptors (Lipinski definition) is 3. The minimum Gasteiger partial charge on any atom is -0.359 e. The third-order valence-corrected chi connectivity index (χ3v) is 2.61. The topological polar surface area (TPSA) is 44.4 Å². The summed E-state index contributed by atoms with van der Waals surface area (Å²) in [4.78, 5) is 13.4. The Kier molecular flexibility index (Phi) is 4.90. The van der Waals surface area contributed by atoms with E-state index in [2.05, 4.69) is 22.5 Å². The molecule has 1 aliphatic rings. The molecule has 1 aliphatic heterocycles. The van der Waals surface area contributed by atoms with Gasteiger partial charge in [-0.25, -0.2) is 0 Å². The lowest BCUT2D eigenvalue weighted by Gasteiger charge is -2.31. The third kappa shape index (κ3) is 4.07. The molecule has 1 fully saturated rings. The van der Waals surface area contributed by atoms with Crippen LogP contribution in [0.4, 0.5) is 0 Å². The van der Waals surface area contributed by atoms with Gasteiger partial charge in [0, 0.05) is 39.1 Å². The molecule has 0 aromatic carbocycles. The van der Waals surface area contributed by atoms with Gasteiger partial charge in [0.25, 0.3) is 0 Å². The predicted octanol–water partition coefficient (Wildman–Crippen LogP) is -0.194. The van der Waals surface area contributed by atoms with Crippen LogP contribution in [0.1, 0.15) is 19.8 Å². The van der Waals surface area contributed by atoms with E-state index in [4.69, 9.17) is 0 Å². The Labute approximate surface area is 86.0 Å². The monoisotopic (exact) mass is 199 g/mol. The van der Waals surface area contributed by atoms with Gasteiger partial charge in [-0.2, -0.15) is 0 Å². The van der Waals surface area contributed by atoms with Crippen LogP contribution in [0.5, 0.6) is 0 Å². The van der Waals surface area contributed by atoms with Crippen molar-refractivity contribution in [3.63, 3.8) is 0 Å². The zero-order valence-electron chi connectivity index (χ0n) is 9.18. The van der Waals surface area contributed by atoms with E-state index in [0.717, 1.165) is 32.6 Å². The number of carbonyl (C=O) groups excluding carboxylic acids is 1. The molecular weight excluding hydrogens is 178 g/mol. The first-order valence-corrected chi connectivity index (χ1v) is 5.38. The predicted molar refractivity (Wildman–Crippen MR) is 57.2 cm³/mol. The van der Waals surface area contributed by atoms with Gasteiger partial charge < -0.3 is 15.5 Å². The van der Waals surface area contributed by atoms with Gasteiger partial charge in [-0.3, -0.25) is 4.79 Å². The smallest absolute Gasteiger partial charge is 0.219 e. The van der Waals surface area contributed by atoms with Crippen molar-refractivity contribution in [3.05, 3.63) is 0 Å². The Morgan fingerprint density at radius 1 is 1.64 bits per heavy atom. The zero-order valence-corrected chi connectivity index (χ0v) is 9.18. The van der Waals surface area contributed by atoms with Crippen molar-refractivity contribution >= 4 is 5.91 Å². The normalized spacial score (nSPS) is 23.4. The lowest BCUT2D eigenvalue weighted by atomic mass is 10.2. The van der Waals surface area contributed by atoms with Crippen molar-refractivity contribution in [1.82, 2.24) is 15.5 Å². The van der Waals surface area contributed by atoms with Crippen molar-refractivity contribution in [2.75, 3.05) is 33.2 Å². The van der Waals surface area contributed by atoms with E-state index in [9.17, 15) is 4.79 Å². The second kappa shape index (κ2) is 5.98. The van der Waals surface area contributed by atoms with Gasteiger partial charge in [-0.05, 0) is 19.9 Å². The fraction of sp³-hybridized carbons (Fsp3) is 0.900. The molecular formula is C10H21N3O. The highest BCUT2D eigenvalue weighted by Crippen LogP contribution is 2.01. The van der Waals surface area contributed by atoms with E-state index in [1.165, 1.54) is 0 Å². The van der Waals surface area contributed by atoms with Crippen molar-refractivity contribution in [2.45, 2.75) is 25.8 Å². The maximum atomic E-state index is 11.0. The van der Waals surface area contributed by atoms with E-state index in [1.807, 2.05) is 0 Å². The molecule has 1 amide bonds. The van der Waals surface area contributed by atoms with Crippen LogP contribution in [0, 0.1) is 0 Å². The first kappa shape index (κ1) is 11.5. The van der Waals surface area contributed by atoms with Crippen LogP contribution in [-0.4, -0.2) is 50.1 Å². The molecule has 1 unspecified atom stereocenters. The molecule has 1 atom stereocenters. The second-order valence-electron chi connectivity index (χ2n) is 3.93. The standard InChI is InChI=1S/C10H21N3O/c1-9-8-13(7-5-12-9)6-3-4-10(14)11-2/h9,12H,3-8H2,1-2H3,(H,11,14). The van der Waals surface area contributed by atoms with Gasteiger partial charge in [0.1, 0.15) is 0 Å². The Morgan fingerprint density at radius 3 is 3.07 bits per heavy atom. The number of nitrogens with one attached hydrogen (secondary N) is 2. The van der Waals surface area contributed by atoms with E-state index >= 15 is 0 Å². The number of hydrogen-bond donors (Lipinski definition) is 2. The van der Waals surface area contributed by atoms with Gasteiger partial charge in [0.15, 0.2) is 0 Å². The van der Waals surface area contributed by atoms with Crippen LogP contribution in [-0.2, 0) is 4.79 Å². The highest BCUT2D eigenvalue weighted by atomic mass is 16.1. The Morgan fingerprint density at radius 2 is 2.43 bits per heavy atom. The van der Waals surface area contributed by atoms with Crippen molar-refractivity contribution in [3.8, 4) is 0 Å². The molecule has 0 bridgehead atoms. The molecule has 4 heteroatoms. The van der Waals surface area contributed by atoms with Crippen LogP contribution in [0.2, 0.25) is 0 Å². The Hall–Kier alpha value is -0.610. The van der Waals surface area contributed by atoms with Crippen LogP contribution in [0.3, 0.4) is 0 Å². The van der Waals surface area contributed by atoms with Gasteiger partial charge in [0.05, 0.1) is 0 Å². The minimum atomic E-state index is 0.146. The number of nitrogens with zero attached hydrogens (tertiary/aromatic N) is 1. The summed E-state index contributed by atoms with van der Waals surface area (Å²) in [6.45, 7) is 6.53. The molecule has 0 aromatic rings. The maximum absolute atomic E-state index is 11.0. The van der Waals surface area contributed by atoms with E-state index in [-0.39, 0.29) is 5.91 Å². The molecule has 1 rings (SSSR count). The van der Waals surface area contributed by atoms with Gasteiger partial charge in [-0.15, -0.1) is 0 Å². The lowest BCUT2D eigenvalue weighted by Crippen LogP contribution is -2.49. The average molecular weight is 199 g/mol. The first-order chi connectivity index (χ1) is 6.72. The molecule has 0 aromatic heterocycles. The second-order valence-corrected chi connectivity index (χ2v) is 3.93. The summed E-state index contributed by atoms with van der Waals surface area (Å²) in [6, 6.07) is 0.587. The van der Waals surface area contributed by atoms with E-state index < -0.39 is 0 Å². The molecule has 0 spiro atoms. The fourth-order valence-electron chi connectivity index (χ4n) is 1.80.